The number of nitrogens with two attached hydrogens (primary N) is 1. The molecule has 1 aromatic carbocycles. The van der Waals surface area contributed by atoms with Gasteiger partial charge in [-0.3, -0.25) is 9.59 Å². The SMILES string of the molecule is COc1ccc(CNC(=O)CNC(=O)C(C)C(C)N)cc1. The van der Waals surface area contributed by atoms with Crippen LogP contribution in [0.15, 0.2) is 24.3 Å². The summed E-state index contributed by atoms with van der Waals surface area (Å²) in [5.41, 5.74) is 6.59. The van der Waals surface area contributed by atoms with Gasteiger partial charge in [-0.25, -0.2) is 0 Å². The largest absolute Gasteiger partial charge is 0.497 e. The molecule has 2 unspecified atom stereocenters. The lowest BCUT2D eigenvalue weighted by Gasteiger charge is -2.15. The van der Waals surface area contributed by atoms with Crippen molar-refractivity contribution < 1.29 is 14.3 Å². The summed E-state index contributed by atoms with van der Waals surface area (Å²) in [4.78, 5) is 23.3. The molecule has 0 radical (unpaired) electrons. The summed E-state index contributed by atoms with van der Waals surface area (Å²) in [6.07, 6.45) is 0. The Labute approximate surface area is 125 Å². The Morgan fingerprint density at radius 2 is 1.81 bits per heavy atom. The average molecular weight is 293 g/mol. The first kappa shape index (κ1) is 17.0. The summed E-state index contributed by atoms with van der Waals surface area (Å²) in [6, 6.07) is 7.15. The first-order valence-corrected chi connectivity index (χ1v) is 6.87. The molecule has 0 bridgehead atoms. The molecular weight excluding hydrogens is 270 g/mol. The Morgan fingerprint density at radius 1 is 1.19 bits per heavy atom. The van der Waals surface area contributed by atoms with Crippen LogP contribution in [0.1, 0.15) is 19.4 Å². The van der Waals surface area contributed by atoms with Crippen molar-refractivity contribution in [2.75, 3.05) is 13.7 Å². The van der Waals surface area contributed by atoms with Gasteiger partial charge in [-0.15, -0.1) is 0 Å². The molecule has 4 N–H and O–H groups in total. The van der Waals surface area contributed by atoms with E-state index in [0.717, 1.165) is 11.3 Å². The Bertz CT molecular complexity index is 472. The van der Waals surface area contributed by atoms with Gasteiger partial charge in [0.15, 0.2) is 0 Å². The molecule has 116 valence electrons. The van der Waals surface area contributed by atoms with Gasteiger partial charge in [0.05, 0.1) is 13.7 Å². The van der Waals surface area contributed by atoms with E-state index in [0.29, 0.717) is 6.54 Å². The van der Waals surface area contributed by atoms with Crippen LogP contribution in [0, 0.1) is 5.92 Å². The predicted octanol–water partition coefficient (Wildman–Crippen LogP) is 0.411. The monoisotopic (exact) mass is 293 g/mol. The number of rotatable bonds is 7. The van der Waals surface area contributed by atoms with Crippen LogP contribution in [0.25, 0.3) is 0 Å². The van der Waals surface area contributed by atoms with Crippen molar-refractivity contribution >= 4 is 11.8 Å². The van der Waals surface area contributed by atoms with Crippen LogP contribution < -0.4 is 21.1 Å². The van der Waals surface area contributed by atoms with Crippen molar-refractivity contribution in [1.82, 2.24) is 10.6 Å². The second-order valence-corrected chi connectivity index (χ2v) is 4.99. The lowest BCUT2D eigenvalue weighted by molar-refractivity contribution is -0.128. The summed E-state index contributed by atoms with van der Waals surface area (Å²) in [5.74, 6) is -0.0118. The average Bonchev–Trinajstić information content (AvgIpc) is 2.50. The van der Waals surface area contributed by atoms with Crippen LogP contribution >= 0.6 is 0 Å². The first-order chi connectivity index (χ1) is 9.93. The molecule has 2 amide bonds. The molecule has 0 aromatic heterocycles. The third-order valence-electron chi connectivity index (χ3n) is 3.27. The summed E-state index contributed by atoms with van der Waals surface area (Å²) in [6.45, 7) is 3.84. The van der Waals surface area contributed by atoms with Gasteiger partial charge >= 0.3 is 0 Å². The molecule has 0 saturated heterocycles. The highest BCUT2D eigenvalue weighted by Gasteiger charge is 2.17. The van der Waals surface area contributed by atoms with E-state index in [2.05, 4.69) is 10.6 Å². The molecule has 0 fully saturated rings. The van der Waals surface area contributed by atoms with Crippen molar-refractivity contribution in [2.24, 2.45) is 11.7 Å². The fraction of sp³-hybridized carbons (Fsp3) is 0.467. The number of methoxy groups -OCH3 is 1. The molecular formula is C15H23N3O3. The van der Waals surface area contributed by atoms with Crippen LogP contribution in [0.3, 0.4) is 0 Å². The van der Waals surface area contributed by atoms with Crippen molar-refractivity contribution in [1.29, 1.82) is 0 Å². The summed E-state index contributed by atoms with van der Waals surface area (Å²) in [5, 5.41) is 5.30. The maximum absolute atomic E-state index is 11.7. The van der Waals surface area contributed by atoms with Crippen LogP contribution in [0.5, 0.6) is 5.75 Å². The highest BCUT2D eigenvalue weighted by atomic mass is 16.5. The van der Waals surface area contributed by atoms with Gasteiger partial charge in [-0.05, 0) is 24.6 Å². The number of hydrogen-bond acceptors (Lipinski definition) is 4. The van der Waals surface area contributed by atoms with Gasteiger partial charge < -0.3 is 21.1 Å². The maximum Gasteiger partial charge on any atom is 0.239 e. The Morgan fingerprint density at radius 3 is 2.33 bits per heavy atom. The number of carbonyl (C=O) groups excluding carboxylic acids is 2. The molecule has 0 saturated carbocycles. The lowest BCUT2D eigenvalue weighted by atomic mass is 10.0. The van der Waals surface area contributed by atoms with E-state index in [1.165, 1.54) is 0 Å². The molecule has 1 rings (SSSR count). The standard InChI is InChI=1S/C15H23N3O3/c1-10(11(2)16)15(20)18-9-14(19)17-8-12-4-6-13(21-3)7-5-12/h4-7,10-11H,8-9,16H2,1-3H3,(H,17,19)(H,18,20). The molecule has 2 atom stereocenters. The first-order valence-electron chi connectivity index (χ1n) is 6.87. The molecule has 0 aliphatic carbocycles. The second kappa shape index (κ2) is 8.26. The van der Waals surface area contributed by atoms with Gasteiger partial charge in [0, 0.05) is 18.5 Å². The van der Waals surface area contributed by atoms with Gasteiger partial charge in [-0.2, -0.15) is 0 Å². The number of amides is 2. The van der Waals surface area contributed by atoms with E-state index in [1.54, 1.807) is 21.0 Å². The smallest absolute Gasteiger partial charge is 0.239 e. The molecule has 21 heavy (non-hydrogen) atoms. The quantitative estimate of drug-likeness (QED) is 0.679. The molecule has 0 aliphatic heterocycles. The summed E-state index contributed by atoms with van der Waals surface area (Å²) >= 11 is 0. The van der Waals surface area contributed by atoms with Gasteiger partial charge in [-0.1, -0.05) is 19.1 Å². The Kier molecular flexibility index (Phi) is 6.68. The third-order valence-corrected chi connectivity index (χ3v) is 3.27. The second-order valence-electron chi connectivity index (χ2n) is 4.99. The van der Waals surface area contributed by atoms with E-state index < -0.39 is 0 Å². The topological polar surface area (TPSA) is 93.5 Å². The number of nitrogens with one attached hydrogen (secondary N) is 2. The van der Waals surface area contributed by atoms with Crippen LogP contribution in [-0.4, -0.2) is 31.5 Å². The minimum atomic E-state index is -0.320. The van der Waals surface area contributed by atoms with Crippen LogP contribution in [-0.2, 0) is 16.1 Å². The number of carbonyl (C=O) groups is 2. The third kappa shape index (κ3) is 5.83. The molecule has 0 aliphatic rings. The molecule has 0 spiro atoms. The number of ether oxygens (including phenoxy) is 1. The van der Waals surface area contributed by atoms with E-state index in [4.69, 9.17) is 10.5 Å². The fourth-order valence-electron chi connectivity index (χ4n) is 1.57. The van der Waals surface area contributed by atoms with E-state index >= 15 is 0 Å². The van der Waals surface area contributed by atoms with Crippen molar-refractivity contribution in [3.05, 3.63) is 29.8 Å². The molecule has 1 aromatic rings. The van der Waals surface area contributed by atoms with Crippen molar-refractivity contribution in [3.63, 3.8) is 0 Å². The molecule has 0 heterocycles. The van der Waals surface area contributed by atoms with Gasteiger partial charge in [0.1, 0.15) is 5.75 Å². The number of hydrogen-bond donors (Lipinski definition) is 3. The zero-order chi connectivity index (χ0) is 15.8. The fourth-order valence-corrected chi connectivity index (χ4v) is 1.57. The normalized spacial score (nSPS) is 13.1. The zero-order valence-corrected chi connectivity index (χ0v) is 12.7. The van der Waals surface area contributed by atoms with Gasteiger partial charge in [0.2, 0.25) is 11.8 Å². The highest BCUT2D eigenvalue weighted by Crippen LogP contribution is 2.10. The summed E-state index contributed by atoms with van der Waals surface area (Å²) in [7, 11) is 1.60. The minimum Gasteiger partial charge on any atom is -0.497 e. The van der Waals surface area contributed by atoms with Crippen LogP contribution in [0.2, 0.25) is 0 Å². The number of benzene rings is 1. The maximum atomic E-state index is 11.7. The van der Waals surface area contributed by atoms with Crippen molar-refractivity contribution in [3.8, 4) is 5.75 Å². The van der Waals surface area contributed by atoms with E-state index in [9.17, 15) is 9.59 Å². The van der Waals surface area contributed by atoms with E-state index in [-0.39, 0.29) is 30.3 Å². The van der Waals surface area contributed by atoms with E-state index in [1.807, 2.05) is 24.3 Å². The summed E-state index contributed by atoms with van der Waals surface area (Å²) < 4.78 is 5.06. The lowest BCUT2D eigenvalue weighted by Crippen LogP contribution is -2.43. The van der Waals surface area contributed by atoms with Gasteiger partial charge in [0.25, 0.3) is 0 Å². The Balaban J connectivity index is 2.32. The minimum absolute atomic E-state index is 0.0496. The van der Waals surface area contributed by atoms with Crippen molar-refractivity contribution in [2.45, 2.75) is 26.4 Å². The predicted molar refractivity (Wildman–Crippen MR) is 80.7 cm³/mol. The Hall–Kier alpha value is -2.08. The van der Waals surface area contributed by atoms with Crippen LogP contribution in [0.4, 0.5) is 0 Å². The zero-order valence-electron chi connectivity index (χ0n) is 12.7. The highest BCUT2D eigenvalue weighted by molar-refractivity contribution is 5.85. The molecule has 6 heteroatoms. The molecule has 6 nitrogen and oxygen atoms in total.